The molecule has 1 unspecified atom stereocenters. The molecule has 0 heterocycles. The molecule has 0 radical (unpaired) electrons. The lowest BCUT2D eigenvalue weighted by Crippen LogP contribution is -2.46. The molecule has 0 saturated heterocycles. The van der Waals surface area contributed by atoms with Crippen LogP contribution in [0.15, 0.2) is 54.6 Å². The van der Waals surface area contributed by atoms with E-state index in [2.05, 4.69) is 0 Å². The van der Waals surface area contributed by atoms with Gasteiger partial charge in [-0.15, -0.1) is 0 Å². The highest BCUT2D eigenvalue weighted by Crippen LogP contribution is 2.22. The third-order valence-corrected chi connectivity index (χ3v) is 3.68. The van der Waals surface area contributed by atoms with Crippen LogP contribution in [0.4, 0.5) is 5.69 Å². The van der Waals surface area contributed by atoms with Gasteiger partial charge in [-0.05, 0) is 31.2 Å². The quantitative estimate of drug-likeness (QED) is 0.444. The Morgan fingerprint density at radius 1 is 1.04 bits per heavy atom. The molecule has 0 amide bonds. The lowest BCUT2D eigenvalue weighted by Gasteiger charge is -2.27. The molecule has 0 aromatic heterocycles. The summed E-state index contributed by atoms with van der Waals surface area (Å²) in [6, 6.07) is 14.8. The van der Waals surface area contributed by atoms with Gasteiger partial charge in [-0.25, -0.2) is 4.79 Å². The number of carbonyl (C=O) groups excluding carboxylic acids is 2. The van der Waals surface area contributed by atoms with Gasteiger partial charge in [0.15, 0.2) is 11.8 Å². The lowest BCUT2D eigenvalue weighted by molar-refractivity contribution is -0.143. The standard InChI is InChI=1S/C19H21NO4/c1-4-24-19(22)17(18(21)14-8-6-5-7-9-14)20(2)15-10-12-16(23-3)13-11-15/h5-13,17H,4H2,1-3H3. The third-order valence-electron chi connectivity index (χ3n) is 3.68. The Balaban J connectivity index is 2.34. The molecule has 2 rings (SSSR count). The maximum absolute atomic E-state index is 12.8. The summed E-state index contributed by atoms with van der Waals surface area (Å²) in [5.41, 5.74) is 1.19. The predicted molar refractivity (Wildman–Crippen MR) is 92.6 cm³/mol. The average molecular weight is 327 g/mol. The Kier molecular flexibility index (Phi) is 5.95. The van der Waals surface area contributed by atoms with Crippen LogP contribution in [0.5, 0.6) is 5.75 Å². The largest absolute Gasteiger partial charge is 0.497 e. The molecule has 2 aromatic carbocycles. The summed E-state index contributed by atoms with van der Waals surface area (Å²) in [6.07, 6.45) is 0. The summed E-state index contributed by atoms with van der Waals surface area (Å²) in [5, 5.41) is 0. The highest BCUT2D eigenvalue weighted by Gasteiger charge is 2.33. The van der Waals surface area contributed by atoms with Crippen LogP contribution in [0.25, 0.3) is 0 Å². The fourth-order valence-corrected chi connectivity index (χ4v) is 2.39. The monoisotopic (exact) mass is 327 g/mol. The molecule has 2 aromatic rings. The Hall–Kier alpha value is -2.82. The molecule has 5 heteroatoms. The second-order valence-electron chi connectivity index (χ2n) is 5.19. The Bertz CT molecular complexity index is 682. The van der Waals surface area contributed by atoms with Crippen LogP contribution in [0.2, 0.25) is 0 Å². The smallest absolute Gasteiger partial charge is 0.336 e. The molecule has 0 bridgehead atoms. The number of rotatable bonds is 7. The van der Waals surface area contributed by atoms with Crippen molar-refractivity contribution in [1.29, 1.82) is 0 Å². The van der Waals surface area contributed by atoms with Crippen LogP contribution in [0.1, 0.15) is 17.3 Å². The molecule has 1 atom stereocenters. The van der Waals surface area contributed by atoms with Gasteiger partial charge in [0.25, 0.3) is 0 Å². The van der Waals surface area contributed by atoms with Crippen LogP contribution in [-0.4, -0.2) is 38.6 Å². The minimum Gasteiger partial charge on any atom is -0.497 e. The summed E-state index contributed by atoms with van der Waals surface area (Å²) in [4.78, 5) is 26.8. The molecule has 0 spiro atoms. The number of ketones is 1. The number of methoxy groups -OCH3 is 1. The number of hydrogen-bond donors (Lipinski definition) is 0. The molecular weight excluding hydrogens is 306 g/mol. The average Bonchev–Trinajstić information content (AvgIpc) is 2.62. The van der Waals surface area contributed by atoms with E-state index >= 15 is 0 Å². The molecular formula is C19H21NO4. The minimum absolute atomic E-state index is 0.216. The first kappa shape index (κ1) is 17.5. The van der Waals surface area contributed by atoms with Crippen LogP contribution < -0.4 is 9.64 Å². The van der Waals surface area contributed by atoms with Crippen LogP contribution in [-0.2, 0) is 9.53 Å². The van der Waals surface area contributed by atoms with Crippen molar-refractivity contribution in [3.63, 3.8) is 0 Å². The summed E-state index contributed by atoms with van der Waals surface area (Å²) in [7, 11) is 3.28. The van der Waals surface area contributed by atoms with E-state index in [0.717, 1.165) is 5.69 Å². The fourth-order valence-electron chi connectivity index (χ4n) is 2.39. The first-order valence-corrected chi connectivity index (χ1v) is 7.71. The Labute approximate surface area is 141 Å². The van der Waals surface area contributed by atoms with E-state index in [1.807, 2.05) is 6.07 Å². The van der Waals surface area contributed by atoms with Gasteiger partial charge in [-0.2, -0.15) is 0 Å². The van der Waals surface area contributed by atoms with Gasteiger partial charge >= 0.3 is 5.97 Å². The topological polar surface area (TPSA) is 55.8 Å². The molecule has 5 nitrogen and oxygen atoms in total. The van der Waals surface area contributed by atoms with Crippen molar-refractivity contribution in [3.05, 3.63) is 60.2 Å². The number of likely N-dealkylation sites (N-methyl/N-ethyl adjacent to an activating group) is 1. The lowest BCUT2D eigenvalue weighted by atomic mass is 10.0. The van der Waals surface area contributed by atoms with Gasteiger partial charge in [0.1, 0.15) is 5.75 Å². The van der Waals surface area contributed by atoms with Gasteiger partial charge in [0, 0.05) is 18.3 Å². The van der Waals surface area contributed by atoms with Crippen LogP contribution in [0, 0.1) is 0 Å². The first-order chi connectivity index (χ1) is 11.6. The summed E-state index contributed by atoms with van der Waals surface area (Å²) in [5.74, 6) is -0.161. The van der Waals surface area contributed by atoms with E-state index in [9.17, 15) is 9.59 Å². The maximum atomic E-state index is 12.8. The van der Waals surface area contributed by atoms with E-state index in [-0.39, 0.29) is 12.4 Å². The SMILES string of the molecule is CCOC(=O)C(C(=O)c1ccccc1)N(C)c1ccc(OC)cc1. The normalized spacial score (nSPS) is 11.5. The number of ether oxygens (including phenoxy) is 2. The third kappa shape index (κ3) is 3.93. The molecule has 0 aliphatic heterocycles. The van der Waals surface area contributed by atoms with E-state index in [0.29, 0.717) is 11.3 Å². The molecule has 24 heavy (non-hydrogen) atoms. The Morgan fingerprint density at radius 2 is 1.67 bits per heavy atom. The molecule has 0 N–H and O–H groups in total. The van der Waals surface area contributed by atoms with Crippen molar-refractivity contribution >= 4 is 17.4 Å². The number of Topliss-reactive ketones (excluding diaryl/α,β-unsaturated/α-hetero) is 1. The molecule has 126 valence electrons. The van der Waals surface area contributed by atoms with Crippen molar-refractivity contribution in [3.8, 4) is 5.75 Å². The molecule has 0 aliphatic carbocycles. The van der Waals surface area contributed by atoms with Gasteiger partial charge < -0.3 is 14.4 Å². The van der Waals surface area contributed by atoms with Crippen molar-refractivity contribution < 1.29 is 19.1 Å². The first-order valence-electron chi connectivity index (χ1n) is 7.71. The molecule has 0 saturated carbocycles. The highest BCUT2D eigenvalue weighted by atomic mass is 16.5. The second kappa shape index (κ2) is 8.15. The van der Waals surface area contributed by atoms with Crippen molar-refractivity contribution in [2.24, 2.45) is 0 Å². The Morgan fingerprint density at radius 3 is 2.21 bits per heavy atom. The summed E-state index contributed by atoms with van der Waals surface area (Å²) in [6.45, 7) is 1.93. The van der Waals surface area contributed by atoms with Crippen molar-refractivity contribution in [1.82, 2.24) is 0 Å². The number of benzene rings is 2. The van der Waals surface area contributed by atoms with Crippen molar-refractivity contribution in [2.75, 3.05) is 25.7 Å². The van der Waals surface area contributed by atoms with E-state index in [1.165, 1.54) is 0 Å². The zero-order valence-electron chi connectivity index (χ0n) is 14.1. The predicted octanol–water partition coefficient (Wildman–Crippen LogP) is 2.95. The minimum atomic E-state index is -1.04. The maximum Gasteiger partial charge on any atom is 0.336 e. The molecule has 0 fully saturated rings. The van der Waals surface area contributed by atoms with Gasteiger partial charge in [-0.3, -0.25) is 4.79 Å². The number of nitrogens with zero attached hydrogens (tertiary/aromatic N) is 1. The molecule has 0 aliphatic rings. The summed E-state index contributed by atoms with van der Waals surface area (Å²) < 4.78 is 10.2. The number of carbonyl (C=O) groups is 2. The zero-order chi connectivity index (χ0) is 17.5. The van der Waals surface area contributed by atoms with Crippen molar-refractivity contribution in [2.45, 2.75) is 13.0 Å². The second-order valence-corrected chi connectivity index (χ2v) is 5.19. The fraction of sp³-hybridized carbons (Fsp3) is 0.263. The highest BCUT2D eigenvalue weighted by molar-refractivity contribution is 6.14. The number of hydrogen-bond acceptors (Lipinski definition) is 5. The van der Waals surface area contributed by atoms with Crippen LogP contribution >= 0.6 is 0 Å². The van der Waals surface area contributed by atoms with Crippen LogP contribution in [0.3, 0.4) is 0 Å². The van der Waals surface area contributed by atoms with E-state index in [4.69, 9.17) is 9.47 Å². The zero-order valence-corrected chi connectivity index (χ0v) is 14.1. The summed E-state index contributed by atoms with van der Waals surface area (Å²) >= 11 is 0. The van der Waals surface area contributed by atoms with E-state index < -0.39 is 12.0 Å². The van der Waals surface area contributed by atoms with Gasteiger partial charge in [0.2, 0.25) is 0 Å². The number of esters is 1. The number of anilines is 1. The van der Waals surface area contributed by atoms with E-state index in [1.54, 1.807) is 74.5 Å². The van der Waals surface area contributed by atoms with Gasteiger partial charge in [-0.1, -0.05) is 30.3 Å². The van der Waals surface area contributed by atoms with Gasteiger partial charge in [0.05, 0.1) is 13.7 Å².